The zero-order valence-corrected chi connectivity index (χ0v) is 9.76. The van der Waals surface area contributed by atoms with Crippen molar-refractivity contribution in [2.45, 2.75) is 25.2 Å². The molecule has 1 aromatic carbocycles. The van der Waals surface area contributed by atoms with Crippen LogP contribution in [0, 0.1) is 6.92 Å². The van der Waals surface area contributed by atoms with Crippen molar-refractivity contribution in [3.05, 3.63) is 23.8 Å². The first-order chi connectivity index (χ1) is 6.95. The summed E-state index contributed by atoms with van der Waals surface area (Å²) in [6.07, 6.45) is 0.764. The normalized spacial score (nSPS) is 11.6. The molecule has 15 heavy (non-hydrogen) atoms. The molecule has 3 N–H and O–H groups in total. The Hall–Kier alpha value is -1.07. The third-order valence-corrected chi connectivity index (χ3v) is 3.37. The van der Waals surface area contributed by atoms with E-state index in [0.29, 0.717) is 12.2 Å². The van der Waals surface area contributed by atoms with Crippen molar-refractivity contribution in [2.24, 2.45) is 0 Å². The van der Waals surface area contributed by atoms with Crippen LogP contribution in [0.1, 0.15) is 18.9 Å². The fraction of sp³-hybridized carbons (Fsp3) is 0.400. The van der Waals surface area contributed by atoms with Crippen molar-refractivity contribution >= 4 is 15.7 Å². The molecule has 0 aliphatic rings. The number of sulfonamides is 1. The largest absolute Gasteiger partial charge is 0.399 e. The first-order valence-electron chi connectivity index (χ1n) is 4.82. The van der Waals surface area contributed by atoms with E-state index < -0.39 is 10.0 Å². The molecule has 1 rings (SSSR count). The molecular weight excluding hydrogens is 212 g/mol. The monoisotopic (exact) mass is 228 g/mol. The lowest BCUT2D eigenvalue weighted by Gasteiger charge is -2.07. The number of aryl methyl sites for hydroxylation is 1. The Labute approximate surface area is 90.5 Å². The molecule has 1 aromatic rings. The second-order valence-electron chi connectivity index (χ2n) is 3.48. The number of hydrogen-bond acceptors (Lipinski definition) is 3. The number of benzene rings is 1. The highest BCUT2D eigenvalue weighted by molar-refractivity contribution is 7.89. The van der Waals surface area contributed by atoms with E-state index in [2.05, 4.69) is 4.72 Å². The Balaban J connectivity index is 3.04. The van der Waals surface area contributed by atoms with Gasteiger partial charge in [0, 0.05) is 12.2 Å². The number of anilines is 1. The molecule has 84 valence electrons. The molecule has 0 aromatic heterocycles. The molecule has 0 fully saturated rings. The van der Waals surface area contributed by atoms with Gasteiger partial charge in [0.2, 0.25) is 10.0 Å². The number of rotatable bonds is 4. The van der Waals surface area contributed by atoms with Crippen LogP contribution in [-0.2, 0) is 10.0 Å². The predicted molar refractivity (Wildman–Crippen MR) is 61.1 cm³/mol. The summed E-state index contributed by atoms with van der Waals surface area (Å²) in [4.78, 5) is 0.230. The van der Waals surface area contributed by atoms with E-state index in [9.17, 15) is 8.42 Å². The summed E-state index contributed by atoms with van der Waals surface area (Å²) in [5.74, 6) is 0. The lowest BCUT2D eigenvalue weighted by molar-refractivity contribution is 0.581. The quantitative estimate of drug-likeness (QED) is 0.762. The minimum atomic E-state index is -3.40. The molecule has 0 atom stereocenters. The topological polar surface area (TPSA) is 72.2 Å². The van der Waals surface area contributed by atoms with E-state index in [1.165, 1.54) is 6.07 Å². The van der Waals surface area contributed by atoms with Crippen LogP contribution in [-0.4, -0.2) is 15.0 Å². The van der Waals surface area contributed by atoms with Crippen LogP contribution < -0.4 is 10.5 Å². The van der Waals surface area contributed by atoms with Gasteiger partial charge in [-0.05, 0) is 37.1 Å². The van der Waals surface area contributed by atoms with Crippen LogP contribution in [0.2, 0.25) is 0 Å². The minimum absolute atomic E-state index is 0.230. The lowest BCUT2D eigenvalue weighted by Crippen LogP contribution is -2.24. The van der Waals surface area contributed by atoms with Gasteiger partial charge in [-0.1, -0.05) is 6.92 Å². The summed E-state index contributed by atoms with van der Waals surface area (Å²) in [7, 11) is -3.40. The van der Waals surface area contributed by atoms with Gasteiger partial charge in [0.25, 0.3) is 0 Å². The number of hydrogen-bond donors (Lipinski definition) is 2. The molecule has 0 bridgehead atoms. The molecule has 5 heteroatoms. The van der Waals surface area contributed by atoms with Crippen molar-refractivity contribution < 1.29 is 8.42 Å². The maximum absolute atomic E-state index is 11.7. The lowest BCUT2D eigenvalue weighted by atomic mass is 10.2. The molecule has 0 aliphatic carbocycles. The molecule has 0 saturated heterocycles. The van der Waals surface area contributed by atoms with Gasteiger partial charge >= 0.3 is 0 Å². The number of nitrogens with one attached hydrogen (secondary N) is 1. The smallest absolute Gasteiger partial charge is 0.240 e. The average molecular weight is 228 g/mol. The van der Waals surface area contributed by atoms with Crippen LogP contribution in [0.5, 0.6) is 0 Å². The molecule has 0 radical (unpaired) electrons. The molecule has 0 heterocycles. The third kappa shape index (κ3) is 3.21. The molecule has 0 aliphatic heterocycles. The van der Waals surface area contributed by atoms with Gasteiger partial charge in [0.15, 0.2) is 0 Å². The first-order valence-corrected chi connectivity index (χ1v) is 6.31. The van der Waals surface area contributed by atoms with Gasteiger partial charge in [-0.2, -0.15) is 0 Å². The molecule has 0 saturated carbocycles. The fourth-order valence-corrected chi connectivity index (χ4v) is 2.52. The molecule has 0 unspecified atom stereocenters. The Morgan fingerprint density at radius 2 is 2.00 bits per heavy atom. The summed E-state index contributed by atoms with van der Waals surface area (Å²) >= 11 is 0. The van der Waals surface area contributed by atoms with E-state index in [4.69, 9.17) is 5.73 Å². The Bertz CT molecular complexity index is 420. The summed E-state index contributed by atoms with van der Waals surface area (Å²) in [5.41, 5.74) is 6.90. The van der Waals surface area contributed by atoms with Crippen molar-refractivity contribution in [1.29, 1.82) is 0 Å². The maximum atomic E-state index is 11.7. The van der Waals surface area contributed by atoms with Crippen molar-refractivity contribution in [1.82, 2.24) is 4.72 Å². The molecule has 0 spiro atoms. The van der Waals surface area contributed by atoms with Crippen molar-refractivity contribution in [3.63, 3.8) is 0 Å². The Kier molecular flexibility index (Phi) is 3.71. The summed E-state index contributed by atoms with van der Waals surface area (Å²) < 4.78 is 26.0. The van der Waals surface area contributed by atoms with Gasteiger partial charge in [0.05, 0.1) is 4.90 Å². The highest BCUT2D eigenvalue weighted by Crippen LogP contribution is 2.15. The molecular formula is C10H16N2O2S. The van der Waals surface area contributed by atoms with Crippen LogP contribution >= 0.6 is 0 Å². The molecule has 4 nitrogen and oxygen atoms in total. The number of nitrogen functional groups attached to an aromatic ring is 1. The standard InChI is InChI=1S/C10H16N2O2S/c1-3-4-12-15(13,14)10-6-8(2)5-9(11)7-10/h5-7,12H,3-4,11H2,1-2H3. The van der Waals surface area contributed by atoms with Gasteiger partial charge < -0.3 is 5.73 Å². The summed E-state index contributed by atoms with van der Waals surface area (Å²) in [5, 5.41) is 0. The second-order valence-corrected chi connectivity index (χ2v) is 5.24. The molecule has 0 amide bonds. The van der Waals surface area contributed by atoms with Crippen molar-refractivity contribution in [2.75, 3.05) is 12.3 Å². The Morgan fingerprint density at radius 1 is 1.33 bits per heavy atom. The van der Waals surface area contributed by atoms with Crippen molar-refractivity contribution in [3.8, 4) is 0 Å². The average Bonchev–Trinajstić information content (AvgIpc) is 2.13. The first kappa shape index (κ1) is 12.0. The highest BCUT2D eigenvalue weighted by Gasteiger charge is 2.13. The van der Waals surface area contributed by atoms with Crippen LogP contribution in [0.25, 0.3) is 0 Å². The van der Waals surface area contributed by atoms with Gasteiger partial charge in [-0.3, -0.25) is 0 Å². The SMILES string of the molecule is CCCNS(=O)(=O)c1cc(C)cc(N)c1. The van der Waals surface area contributed by atoms with Crippen LogP contribution in [0.15, 0.2) is 23.1 Å². The summed E-state index contributed by atoms with van der Waals surface area (Å²) in [6.45, 7) is 4.17. The summed E-state index contributed by atoms with van der Waals surface area (Å²) in [6, 6.07) is 4.80. The van der Waals surface area contributed by atoms with E-state index in [-0.39, 0.29) is 4.90 Å². The zero-order valence-electron chi connectivity index (χ0n) is 8.95. The number of nitrogens with two attached hydrogens (primary N) is 1. The maximum Gasteiger partial charge on any atom is 0.240 e. The van der Waals surface area contributed by atoms with Gasteiger partial charge in [0.1, 0.15) is 0 Å². The second kappa shape index (κ2) is 4.63. The van der Waals surface area contributed by atoms with E-state index >= 15 is 0 Å². The van der Waals surface area contributed by atoms with E-state index in [1.54, 1.807) is 12.1 Å². The van der Waals surface area contributed by atoms with Crippen LogP contribution in [0.4, 0.5) is 5.69 Å². The third-order valence-electron chi connectivity index (χ3n) is 1.93. The fourth-order valence-electron chi connectivity index (χ4n) is 1.25. The zero-order chi connectivity index (χ0) is 11.5. The van der Waals surface area contributed by atoms with Crippen LogP contribution in [0.3, 0.4) is 0 Å². The predicted octanol–water partition coefficient (Wildman–Crippen LogP) is 1.27. The van der Waals surface area contributed by atoms with E-state index in [0.717, 1.165) is 12.0 Å². The van der Waals surface area contributed by atoms with E-state index in [1.807, 2.05) is 13.8 Å². The minimum Gasteiger partial charge on any atom is -0.399 e. The highest BCUT2D eigenvalue weighted by atomic mass is 32.2. The Morgan fingerprint density at radius 3 is 2.53 bits per heavy atom. The van der Waals surface area contributed by atoms with Gasteiger partial charge in [-0.15, -0.1) is 0 Å². The van der Waals surface area contributed by atoms with Gasteiger partial charge in [-0.25, -0.2) is 13.1 Å².